The highest BCUT2D eigenvalue weighted by Crippen LogP contribution is 2.05. The molecule has 2 amide bonds. The molecule has 1 aromatic carbocycles. The lowest BCUT2D eigenvalue weighted by Crippen LogP contribution is -2.52. The van der Waals surface area contributed by atoms with Gasteiger partial charge >= 0.3 is 6.03 Å². The fraction of sp³-hybridized carbons (Fsp3) is 0.500. The average molecular weight is 314 g/mol. The van der Waals surface area contributed by atoms with E-state index in [4.69, 9.17) is 6.42 Å². The number of amides is 2. The third-order valence-corrected chi connectivity index (χ3v) is 4.09. The molecule has 0 radical (unpaired) electrons. The first kappa shape index (κ1) is 17.3. The molecule has 0 aromatic heterocycles. The summed E-state index contributed by atoms with van der Waals surface area (Å²) in [5, 5.41) is 2.72. The molecule has 0 atom stereocenters. The van der Waals surface area contributed by atoms with Gasteiger partial charge in [-0.1, -0.05) is 36.3 Å². The number of nitrogens with zero attached hydrogens (tertiary/aromatic N) is 3. The molecule has 1 heterocycles. The molecule has 0 unspecified atom stereocenters. The van der Waals surface area contributed by atoms with Crippen molar-refractivity contribution in [3.8, 4) is 12.3 Å². The summed E-state index contributed by atoms with van der Waals surface area (Å²) >= 11 is 0. The van der Waals surface area contributed by atoms with E-state index >= 15 is 0 Å². The molecule has 0 aliphatic carbocycles. The van der Waals surface area contributed by atoms with E-state index in [9.17, 15) is 4.79 Å². The van der Waals surface area contributed by atoms with Crippen LogP contribution in [0.25, 0.3) is 0 Å². The van der Waals surface area contributed by atoms with Gasteiger partial charge in [0.05, 0.1) is 6.54 Å². The van der Waals surface area contributed by atoms with Crippen LogP contribution in [0, 0.1) is 12.3 Å². The Labute approximate surface area is 139 Å². The Balaban J connectivity index is 1.64. The third kappa shape index (κ3) is 5.93. The predicted octanol–water partition coefficient (Wildman–Crippen LogP) is 1.08. The van der Waals surface area contributed by atoms with Gasteiger partial charge in [0.25, 0.3) is 0 Å². The van der Waals surface area contributed by atoms with E-state index in [1.807, 2.05) is 11.0 Å². The van der Waals surface area contributed by atoms with Crippen molar-refractivity contribution in [1.82, 2.24) is 20.0 Å². The van der Waals surface area contributed by atoms with Crippen LogP contribution in [0.3, 0.4) is 0 Å². The monoisotopic (exact) mass is 314 g/mol. The molecular formula is C18H26N4O. The van der Waals surface area contributed by atoms with E-state index in [1.165, 1.54) is 5.56 Å². The minimum Gasteiger partial charge on any atom is -0.327 e. The number of hydrogen-bond acceptors (Lipinski definition) is 3. The Bertz CT molecular complexity index is 518. The van der Waals surface area contributed by atoms with Gasteiger partial charge in [0.1, 0.15) is 0 Å². The van der Waals surface area contributed by atoms with Gasteiger partial charge in [-0.15, -0.1) is 6.42 Å². The van der Waals surface area contributed by atoms with Crippen LogP contribution < -0.4 is 5.32 Å². The van der Waals surface area contributed by atoms with Gasteiger partial charge in [-0.25, -0.2) is 4.79 Å². The first-order valence-electron chi connectivity index (χ1n) is 8.10. The molecule has 1 saturated heterocycles. The smallest absolute Gasteiger partial charge is 0.318 e. The third-order valence-electron chi connectivity index (χ3n) is 4.09. The van der Waals surface area contributed by atoms with Crippen LogP contribution in [0.2, 0.25) is 0 Å². The zero-order chi connectivity index (χ0) is 16.5. The predicted molar refractivity (Wildman–Crippen MR) is 93.0 cm³/mol. The Kier molecular flexibility index (Phi) is 6.92. The van der Waals surface area contributed by atoms with Crippen LogP contribution in [0.1, 0.15) is 5.56 Å². The molecule has 1 aliphatic heterocycles. The van der Waals surface area contributed by atoms with E-state index < -0.39 is 0 Å². The van der Waals surface area contributed by atoms with Crippen molar-refractivity contribution < 1.29 is 4.79 Å². The Morgan fingerprint density at radius 3 is 2.61 bits per heavy atom. The molecule has 2 rings (SSSR count). The number of piperazine rings is 1. The Hall–Kier alpha value is -2.03. The molecule has 23 heavy (non-hydrogen) atoms. The number of hydrogen-bond donors (Lipinski definition) is 1. The molecule has 1 aliphatic rings. The molecule has 0 saturated carbocycles. The second kappa shape index (κ2) is 9.19. The minimum atomic E-state index is -0.0520. The zero-order valence-electron chi connectivity index (χ0n) is 13.9. The van der Waals surface area contributed by atoms with Gasteiger partial charge < -0.3 is 15.1 Å². The number of urea groups is 1. The van der Waals surface area contributed by atoms with E-state index in [1.54, 1.807) is 0 Å². The molecule has 124 valence electrons. The molecule has 0 bridgehead atoms. The standard InChI is InChI=1S/C18H26N4O/c1-3-9-19-18(23)22-14-12-21(13-15-22)11-10-20(2)16-17-7-5-4-6-8-17/h1,4-8H,9-16H2,2H3,(H,19,23). The van der Waals surface area contributed by atoms with Crippen molar-refractivity contribution in [3.63, 3.8) is 0 Å². The van der Waals surface area contributed by atoms with Crippen LogP contribution in [0.15, 0.2) is 30.3 Å². The Morgan fingerprint density at radius 2 is 1.96 bits per heavy atom. The topological polar surface area (TPSA) is 38.8 Å². The molecule has 5 heteroatoms. The van der Waals surface area contributed by atoms with Crippen LogP contribution in [-0.4, -0.2) is 73.6 Å². The van der Waals surface area contributed by atoms with Crippen LogP contribution in [0.4, 0.5) is 4.79 Å². The fourth-order valence-electron chi connectivity index (χ4n) is 2.70. The highest BCUT2D eigenvalue weighted by Gasteiger charge is 2.20. The van der Waals surface area contributed by atoms with Gasteiger partial charge in [-0.05, 0) is 12.6 Å². The van der Waals surface area contributed by atoms with Gasteiger partial charge in [-0.2, -0.15) is 0 Å². The maximum atomic E-state index is 11.8. The molecule has 1 aromatic rings. The number of likely N-dealkylation sites (N-methyl/N-ethyl adjacent to an activating group) is 1. The maximum Gasteiger partial charge on any atom is 0.318 e. The maximum absolute atomic E-state index is 11.8. The number of benzene rings is 1. The second-order valence-electron chi connectivity index (χ2n) is 5.91. The summed E-state index contributed by atoms with van der Waals surface area (Å²) in [6.45, 7) is 6.68. The summed E-state index contributed by atoms with van der Waals surface area (Å²) in [6.07, 6.45) is 5.16. The number of carbonyl (C=O) groups excluding carboxylic acids is 1. The van der Waals surface area contributed by atoms with Crippen LogP contribution in [0.5, 0.6) is 0 Å². The molecule has 0 spiro atoms. The normalized spacial score (nSPS) is 15.4. The molecular weight excluding hydrogens is 288 g/mol. The highest BCUT2D eigenvalue weighted by atomic mass is 16.2. The number of carbonyl (C=O) groups is 1. The molecule has 5 nitrogen and oxygen atoms in total. The summed E-state index contributed by atoms with van der Waals surface area (Å²) in [5.74, 6) is 2.42. The lowest BCUT2D eigenvalue weighted by atomic mass is 10.2. The van der Waals surface area contributed by atoms with E-state index in [2.05, 4.69) is 52.4 Å². The van der Waals surface area contributed by atoms with Gasteiger partial charge in [0.15, 0.2) is 0 Å². The largest absolute Gasteiger partial charge is 0.327 e. The summed E-state index contributed by atoms with van der Waals surface area (Å²) in [6, 6.07) is 10.5. The number of nitrogens with one attached hydrogen (secondary N) is 1. The van der Waals surface area contributed by atoms with Crippen LogP contribution >= 0.6 is 0 Å². The Morgan fingerprint density at radius 1 is 1.26 bits per heavy atom. The fourth-order valence-corrected chi connectivity index (χ4v) is 2.70. The second-order valence-corrected chi connectivity index (χ2v) is 5.91. The number of rotatable bonds is 6. The SMILES string of the molecule is C#CCNC(=O)N1CCN(CCN(C)Cc2ccccc2)CC1. The highest BCUT2D eigenvalue weighted by molar-refractivity contribution is 5.74. The average Bonchev–Trinajstić information content (AvgIpc) is 2.59. The van der Waals surface area contributed by atoms with Crippen molar-refractivity contribution in [2.75, 3.05) is 52.9 Å². The zero-order valence-corrected chi connectivity index (χ0v) is 13.9. The van der Waals surface area contributed by atoms with Gasteiger partial charge in [0.2, 0.25) is 0 Å². The molecule has 1 fully saturated rings. The van der Waals surface area contributed by atoms with E-state index in [0.29, 0.717) is 6.54 Å². The molecule has 1 N–H and O–H groups in total. The lowest BCUT2D eigenvalue weighted by molar-refractivity contribution is 0.131. The van der Waals surface area contributed by atoms with E-state index in [-0.39, 0.29) is 6.03 Å². The minimum absolute atomic E-state index is 0.0520. The van der Waals surface area contributed by atoms with Gasteiger partial charge in [-0.3, -0.25) is 4.90 Å². The first-order chi connectivity index (χ1) is 11.2. The van der Waals surface area contributed by atoms with Gasteiger partial charge in [0, 0.05) is 45.8 Å². The van der Waals surface area contributed by atoms with E-state index in [0.717, 1.165) is 45.8 Å². The lowest BCUT2D eigenvalue weighted by Gasteiger charge is -2.35. The van der Waals surface area contributed by atoms with Crippen molar-refractivity contribution >= 4 is 6.03 Å². The summed E-state index contributed by atoms with van der Waals surface area (Å²) in [7, 11) is 2.15. The summed E-state index contributed by atoms with van der Waals surface area (Å²) < 4.78 is 0. The van der Waals surface area contributed by atoms with Crippen molar-refractivity contribution in [2.24, 2.45) is 0 Å². The van der Waals surface area contributed by atoms with Crippen molar-refractivity contribution in [3.05, 3.63) is 35.9 Å². The van der Waals surface area contributed by atoms with Crippen LogP contribution in [-0.2, 0) is 6.54 Å². The quantitative estimate of drug-likeness (QED) is 0.799. The van der Waals surface area contributed by atoms with Crippen molar-refractivity contribution in [1.29, 1.82) is 0 Å². The summed E-state index contributed by atoms with van der Waals surface area (Å²) in [5.41, 5.74) is 1.34. The van der Waals surface area contributed by atoms with Crippen molar-refractivity contribution in [2.45, 2.75) is 6.54 Å². The summed E-state index contributed by atoms with van der Waals surface area (Å²) in [4.78, 5) is 18.4. The number of terminal acetylenes is 1. The first-order valence-corrected chi connectivity index (χ1v) is 8.10.